The van der Waals surface area contributed by atoms with Crippen LogP contribution in [-0.2, 0) is 9.47 Å². The van der Waals surface area contributed by atoms with E-state index in [0.717, 1.165) is 0 Å². The van der Waals surface area contributed by atoms with Gasteiger partial charge in [0.2, 0.25) is 0 Å². The number of carbonyl (C=O) groups is 2. The molecule has 20 heavy (non-hydrogen) atoms. The lowest BCUT2D eigenvalue weighted by molar-refractivity contribution is 0.0307. The van der Waals surface area contributed by atoms with Gasteiger partial charge in [-0.15, -0.1) is 0 Å². The van der Waals surface area contributed by atoms with E-state index in [4.69, 9.17) is 20.9 Å². The predicted molar refractivity (Wildman–Crippen MR) is 73.8 cm³/mol. The molecule has 1 rings (SSSR count). The van der Waals surface area contributed by atoms with Crippen LogP contribution in [0, 0.1) is 0 Å². The molecule has 0 aliphatic carbocycles. The molecule has 0 saturated heterocycles. The van der Waals surface area contributed by atoms with Crippen molar-refractivity contribution in [1.82, 2.24) is 0 Å². The largest absolute Gasteiger partial charge is 0.443 e. The van der Waals surface area contributed by atoms with E-state index in [1.807, 2.05) is 0 Å². The van der Waals surface area contributed by atoms with Crippen molar-refractivity contribution in [2.75, 3.05) is 0 Å². The van der Waals surface area contributed by atoms with Crippen molar-refractivity contribution in [3.63, 3.8) is 0 Å². The number of nitrogens with two attached hydrogens (primary N) is 2. The Kier molecular flexibility index (Phi) is 6.14. The molecule has 2 unspecified atom stereocenters. The summed E-state index contributed by atoms with van der Waals surface area (Å²) in [5, 5.41) is 0. The van der Waals surface area contributed by atoms with E-state index in [9.17, 15) is 9.59 Å². The highest BCUT2D eigenvalue weighted by Gasteiger charge is 2.15. The Morgan fingerprint density at radius 3 is 1.75 bits per heavy atom. The summed E-state index contributed by atoms with van der Waals surface area (Å²) in [6, 6.07) is 6.06. The first-order valence-corrected chi connectivity index (χ1v) is 6.51. The quantitative estimate of drug-likeness (QED) is 0.602. The van der Waals surface area contributed by atoms with Crippen LogP contribution in [0.3, 0.4) is 0 Å². The fraction of sp³-hybridized carbons (Fsp3) is 0.429. The van der Waals surface area contributed by atoms with Crippen molar-refractivity contribution in [1.29, 1.82) is 0 Å². The lowest BCUT2D eigenvalue weighted by Crippen LogP contribution is -2.27. The Morgan fingerprint density at radius 1 is 1.00 bits per heavy atom. The fourth-order valence-corrected chi connectivity index (χ4v) is 1.35. The lowest BCUT2D eigenvalue weighted by Gasteiger charge is -2.12. The van der Waals surface area contributed by atoms with Crippen LogP contribution in [0.1, 0.15) is 47.4 Å². The maximum absolute atomic E-state index is 11.8. The smallest absolute Gasteiger partial charge is 0.339 e. The van der Waals surface area contributed by atoms with Crippen molar-refractivity contribution in [3.05, 3.63) is 35.4 Å². The predicted octanol–water partition coefficient (Wildman–Crippen LogP) is 1.39. The van der Waals surface area contributed by atoms with Gasteiger partial charge in [0.1, 0.15) is 0 Å². The van der Waals surface area contributed by atoms with E-state index in [1.54, 1.807) is 32.0 Å². The summed E-state index contributed by atoms with van der Waals surface area (Å²) in [6.07, 6.45) is -0.296. The molecule has 0 radical (unpaired) electrons. The van der Waals surface area contributed by atoms with Crippen LogP contribution in [0.4, 0.5) is 0 Å². The van der Waals surface area contributed by atoms with Crippen LogP contribution < -0.4 is 11.5 Å². The van der Waals surface area contributed by atoms with E-state index >= 15 is 0 Å². The van der Waals surface area contributed by atoms with Gasteiger partial charge in [-0.05, 0) is 31.0 Å². The molecule has 0 aliphatic rings. The van der Waals surface area contributed by atoms with E-state index in [0.29, 0.717) is 12.8 Å². The molecule has 0 bridgehead atoms. The molecule has 1 aromatic carbocycles. The second-order valence-corrected chi connectivity index (χ2v) is 4.28. The first-order valence-electron chi connectivity index (χ1n) is 6.51. The number of carbonyl (C=O) groups excluding carboxylic acids is 2. The topological polar surface area (TPSA) is 105 Å². The van der Waals surface area contributed by atoms with Crippen molar-refractivity contribution < 1.29 is 19.1 Å². The van der Waals surface area contributed by atoms with E-state index in [2.05, 4.69) is 0 Å². The highest BCUT2D eigenvalue weighted by molar-refractivity contribution is 5.95. The van der Waals surface area contributed by atoms with Crippen molar-refractivity contribution >= 4 is 11.9 Å². The van der Waals surface area contributed by atoms with Gasteiger partial charge in [-0.1, -0.05) is 19.9 Å². The zero-order valence-corrected chi connectivity index (χ0v) is 11.7. The van der Waals surface area contributed by atoms with Crippen LogP contribution in [-0.4, -0.2) is 24.4 Å². The molecule has 0 aliphatic heterocycles. The minimum atomic E-state index is -0.661. The summed E-state index contributed by atoms with van der Waals surface area (Å²) < 4.78 is 9.97. The number of ether oxygens (including phenoxy) is 2. The van der Waals surface area contributed by atoms with Gasteiger partial charge in [0, 0.05) is 0 Å². The zero-order chi connectivity index (χ0) is 15.1. The minimum Gasteiger partial charge on any atom is -0.443 e. The highest BCUT2D eigenvalue weighted by atomic mass is 16.6. The maximum atomic E-state index is 11.8. The van der Waals surface area contributed by atoms with Gasteiger partial charge in [0.15, 0.2) is 12.5 Å². The number of hydrogen-bond donors (Lipinski definition) is 2. The van der Waals surface area contributed by atoms with Gasteiger partial charge in [-0.2, -0.15) is 0 Å². The molecule has 6 nitrogen and oxygen atoms in total. The molecule has 0 amide bonds. The summed E-state index contributed by atoms with van der Waals surface area (Å²) in [5.41, 5.74) is 11.6. The highest BCUT2D eigenvalue weighted by Crippen LogP contribution is 2.10. The number of esters is 2. The molecule has 110 valence electrons. The average Bonchev–Trinajstić information content (AvgIpc) is 2.46. The van der Waals surface area contributed by atoms with Gasteiger partial charge in [-0.25, -0.2) is 9.59 Å². The molecule has 2 atom stereocenters. The van der Waals surface area contributed by atoms with E-state index < -0.39 is 24.4 Å². The SMILES string of the molecule is CCC(N)OC(=O)c1cccc(C(=O)OC(N)CC)c1. The van der Waals surface area contributed by atoms with Gasteiger partial charge >= 0.3 is 11.9 Å². The van der Waals surface area contributed by atoms with Crippen LogP contribution >= 0.6 is 0 Å². The Labute approximate surface area is 118 Å². The second kappa shape index (κ2) is 7.62. The molecule has 0 spiro atoms. The molecule has 0 fully saturated rings. The van der Waals surface area contributed by atoms with Gasteiger partial charge in [-0.3, -0.25) is 11.5 Å². The standard InChI is InChI=1S/C14H20N2O4/c1-3-11(15)19-13(17)9-6-5-7-10(8-9)14(18)20-12(16)4-2/h5-8,11-12H,3-4,15-16H2,1-2H3. The van der Waals surface area contributed by atoms with Gasteiger partial charge in [0.25, 0.3) is 0 Å². The van der Waals surface area contributed by atoms with E-state index in [-0.39, 0.29) is 11.1 Å². The average molecular weight is 280 g/mol. The molecule has 4 N–H and O–H groups in total. The normalized spacial score (nSPS) is 13.4. The van der Waals surface area contributed by atoms with E-state index in [1.165, 1.54) is 6.07 Å². The third-order valence-corrected chi connectivity index (χ3v) is 2.66. The summed E-state index contributed by atoms with van der Waals surface area (Å²) in [7, 11) is 0. The fourth-order valence-electron chi connectivity index (χ4n) is 1.35. The van der Waals surface area contributed by atoms with Crippen molar-refractivity contribution in [2.45, 2.75) is 39.1 Å². The number of rotatable bonds is 6. The molecule has 0 saturated carbocycles. The van der Waals surface area contributed by atoms with Crippen LogP contribution in [0.25, 0.3) is 0 Å². The van der Waals surface area contributed by atoms with Crippen molar-refractivity contribution in [2.24, 2.45) is 11.5 Å². The third-order valence-electron chi connectivity index (χ3n) is 2.66. The molecule has 0 heterocycles. The summed E-state index contributed by atoms with van der Waals surface area (Å²) >= 11 is 0. The Hall–Kier alpha value is -1.92. The molecular formula is C14H20N2O4. The monoisotopic (exact) mass is 280 g/mol. The van der Waals surface area contributed by atoms with Gasteiger partial charge < -0.3 is 9.47 Å². The summed E-state index contributed by atoms with van der Waals surface area (Å²) in [4.78, 5) is 23.6. The minimum absolute atomic E-state index is 0.244. The third kappa shape index (κ3) is 4.64. The molecule has 6 heteroatoms. The Morgan fingerprint density at radius 2 is 1.40 bits per heavy atom. The zero-order valence-electron chi connectivity index (χ0n) is 11.7. The van der Waals surface area contributed by atoms with Gasteiger partial charge in [0.05, 0.1) is 11.1 Å². The van der Waals surface area contributed by atoms with Crippen LogP contribution in [0.5, 0.6) is 0 Å². The first-order chi connectivity index (χ1) is 9.47. The van der Waals surface area contributed by atoms with Crippen LogP contribution in [0.2, 0.25) is 0 Å². The Balaban J connectivity index is 2.80. The maximum Gasteiger partial charge on any atom is 0.339 e. The first kappa shape index (κ1) is 16.1. The lowest BCUT2D eigenvalue weighted by atomic mass is 10.1. The number of hydrogen-bond acceptors (Lipinski definition) is 6. The van der Waals surface area contributed by atoms with Crippen molar-refractivity contribution in [3.8, 4) is 0 Å². The summed E-state index contributed by atoms with van der Waals surface area (Å²) in [5.74, 6) is -1.15. The molecular weight excluding hydrogens is 260 g/mol. The Bertz CT molecular complexity index is 437. The van der Waals surface area contributed by atoms with Crippen LogP contribution in [0.15, 0.2) is 24.3 Å². The number of benzene rings is 1. The molecule has 0 aromatic heterocycles. The second-order valence-electron chi connectivity index (χ2n) is 4.28. The summed E-state index contributed by atoms with van der Waals surface area (Å²) in [6.45, 7) is 3.61. The molecule has 1 aromatic rings.